The summed E-state index contributed by atoms with van der Waals surface area (Å²) >= 11 is 7.41. The highest BCUT2D eigenvalue weighted by molar-refractivity contribution is 7.16. The van der Waals surface area contributed by atoms with Crippen LogP contribution in [0.2, 0.25) is 4.34 Å². The summed E-state index contributed by atoms with van der Waals surface area (Å²) in [7, 11) is 1.35. The van der Waals surface area contributed by atoms with Crippen LogP contribution in [0.3, 0.4) is 0 Å². The minimum absolute atomic E-state index is 0.0100. The number of nitrogens with one attached hydrogen (secondary N) is 1. The summed E-state index contributed by atoms with van der Waals surface area (Å²) < 4.78 is 5.47. The molecule has 2 heterocycles. The highest BCUT2D eigenvalue weighted by Crippen LogP contribution is 2.29. The van der Waals surface area contributed by atoms with Gasteiger partial charge in [-0.1, -0.05) is 11.6 Å². The molecular formula is C13H13ClN2O2S. The maximum absolute atomic E-state index is 11.6. The van der Waals surface area contributed by atoms with Crippen molar-refractivity contribution in [3.63, 3.8) is 0 Å². The molecule has 0 saturated heterocycles. The van der Waals surface area contributed by atoms with Gasteiger partial charge in [0.2, 0.25) is 0 Å². The fraction of sp³-hybridized carbons (Fsp3) is 0.231. The third-order valence-electron chi connectivity index (χ3n) is 2.59. The Hall–Kier alpha value is -1.59. The second kappa shape index (κ2) is 6.04. The molecule has 2 rings (SSSR count). The van der Waals surface area contributed by atoms with Crippen molar-refractivity contribution in [2.24, 2.45) is 0 Å². The van der Waals surface area contributed by atoms with Gasteiger partial charge in [-0.25, -0.2) is 9.78 Å². The number of ether oxygens (including phenoxy) is 1. The standard InChI is InChI=1S/C13H13ClN2O2S/c1-8(10-5-6-11(14)19-10)16-12-9(13(17)18-2)4-3-7-15-12/h3-8H,1-2H3,(H,15,16). The maximum Gasteiger partial charge on any atom is 0.341 e. The number of carbonyl (C=O) groups excluding carboxylic acids is 1. The molecule has 0 saturated carbocycles. The van der Waals surface area contributed by atoms with E-state index < -0.39 is 5.97 Å². The van der Waals surface area contributed by atoms with Crippen LogP contribution in [-0.2, 0) is 4.74 Å². The van der Waals surface area contributed by atoms with Gasteiger partial charge in [0, 0.05) is 11.1 Å². The van der Waals surface area contributed by atoms with E-state index in [4.69, 9.17) is 16.3 Å². The fourth-order valence-electron chi connectivity index (χ4n) is 1.63. The molecule has 1 N–H and O–H groups in total. The number of rotatable bonds is 4. The van der Waals surface area contributed by atoms with Crippen molar-refractivity contribution in [1.82, 2.24) is 4.98 Å². The van der Waals surface area contributed by atoms with E-state index in [0.717, 1.165) is 9.21 Å². The molecule has 0 aromatic carbocycles. The molecule has 0 amide bonds. The predicted molar refractivity (Wildman–Crippen MR) is 76.9 cm³/mol. The molecule has 1 atom stereocenters. The van der Waals surface area contributed by atoms with Gasteiger partial charge in [0.05, 0.1) is 17.5 Å². The van der Waals surface area contributed by atoms with E-state index in [1.54, 1.807) is 18.3 Å². The van der Waals surface area contributed by atoms with Crippen molar-refractivity contribution < 1.29 is 9.53 Å². The van der Waals surface area contributed by atoms with Crippen molar-refractivity contribution in [2.45, 2.75) is 13.0 Å². The van der Waals surface area contributed by atoms with E-state index in [-0.39, 0.29) is 6.04 Å². The quantitative estimate of drug-likeness (QED) is 0.873. The summed E-state index contributed by atoms with van der Waals surface area (Å²) in [4.78, 5) is 16.9. The minimum Gasteiger partial charge on any atom is -0.465 e. The molecule has 0 aliphatic heterocycles. The van der Waals surface area contributed by atoms with Crippen LogP contribution in [0.4, 0.5) is 5.82 Å². The van der Waals surface area contributed by atoms with E-state index >= 15 is 0 Å². The highest BCUT2D eigenvalue weighted by atomic mass is 35.5. The molecule has 2 aromatic heterocycles. The van der Waals surface area contributed by atoms with Gasteiger partial charge in [0.25, 0.3) is 0 Å². The molecule has 100 valence electrons. The van der Waals surface area contributed by atoms with Gasteiger partial charge in [-0.15, -0.1) is 11.3 Å². The minimum atomic E-state index is -0.410. The largest absolute Gasteiger partial charge is 0.465 e. The van der Waals surface area contributed by atoms with Crippen LogP contribution in [0, 0.1) is 0 Å². The average molecular weight is 297 g/mol. The van der Waals surface area contributed by atoms with Gasteiger partial charge in [-0.2, -0.15) is 0 Å². The van der Waals surface area contributed by atoms with Crippen LogP contribution in [-0.4, -0.2) is 18.1 Å². The van der Waals surface area contributed by atoms with Gasteiger partial charge in [0.15, 0.2) is 0 Å². The number of methoxy groups -OCH3 is 1. The van der Waals surface area contributed by atoms with Gasteiger partial charge < -0.3 is 10.1 Å². The molecule has 0 bridgehead atoms. The van der Waals surface area contributed by atoms with E-state index in [9.17, 15) is 4.79 Å². The Balaban J connectivity index is 2.21. The Kier molecular flexibility index (Phi) is 4.39. The Bertz CT molecular complexity index is 586. The number of nitrogens with zero attached hydrogens (tertiary/aromatic N) is 1. The van der Waals surface area contributed by atoms with Crippen molar-refractivity contribution in [1.29, 1.82) is 0 Å². The van der Waals surface area contributed by atoms with Crippen molar-refractivity contribution in [2.75, 3.05) is 12.4 Å². The molecule has 0 aliphatic rings. The monoisotopic (exact) mass is 296 g/mol. The number of hydrogen-bond donors (Lipinski definition) is 1. The molecule has 0 fully saturated rings. The molecule has 4 nitrogen and oxygen atoms in total. The van der Waals surface area contributed by atoms with Crippen LogP contribution in [0.15, 0.2) is 30.5 Å². The van der Waals surface area contributed by atoms with Gasteiger partial charge in [-0.3, -0.25) is 0 Å². The predicted octanol–water partition coefficient (Wildman–Crippen LogP) is 3.76. The van der Waals surface area contributed by atoms with Crippen LogP contribution in [0.5, 0.6) is 0 Å². The number of pyridine rings is 1. The average Bonchev–Trinajstić information content (AvgIpc) is 2.85. The number of aromatic nitrogens is 1. The third-order valence-corrected chi connectivity index (χ3v) is 4.00. The van der Waals surface area contributed by atoms with Crippen LogP contribution in [0.1, 0.15) is 28.2 Å². The number of halogens is 1. The first kappa shape index (κ1) is 13.8. The van der Waals surface area contributed by atoms with Crippen molar-refractivity contribution in [3.05, 3.63) is 45.2 Å². The van der Waals surface area contributed by atoms with E-state index in [1.165, 1.54) is 18.4 Å². The first-order chi connectivity index (χ1) is 9.11. The number of thiophene rings is 1. The normalized spacial score (nSPS) is 11.9. The fourth-order valence-corrected chi connectivity index (χ4v) is 2.70. The first-order valence-electron chi connectivity index (χ1n) is 5.67. The first-order valence-corrected chi connectivity index (χ1v) is 6.86. The molecule has 6 heteroatoms. The zero-order chi connectivity index (χ0) is 13.8. The summed E-state index contributed by atoms with van der Waals surface area (Å²) in [6.07, 6.45) is 1.63. The molecule has 0 spiro atoms. The van der Waals surface area contributed by atoms with Crippen molar-refractivity contribution in [3.8, 4) is 0 Å². The van der Waals surface area contributed by atoms with Crippen LogP contribution in [0.25, 0.3) is 0 Å². The lowest BCUT2D eigenvalue weighted by Gasteiger charge is -2.14. The third kappa shape index (κ3) is 3.24. The number of hydrogen-bond acceptors (Lipinski definition) is 5. The Morgan fingerprint density at radius 2 is 2.26 bits per heavy atom. The number of esters is 1. The Labute approximate surface area is 120 Å². The molecule has 1 unspecified atom stereocenters. The Morgan fingerprint density at radius 3 is 2.89 bits per heavy atom. The van der Waals surface area contributed by atoms with E-state index in [1.807, 2.05) is 19.1 Å². The molecular weight excluding hydrogens is 284 g/mol. The topological polar surface area (TPSA) is 51.2 Å². The zero-order valence-corrected chi connectivity index (χ0v) is 12.1. The lowest BCUT2D eigenvalue weighted by molar-refractivity contribution is 0.0601. The maximum atomic E-state index is 11.6. The zero-order valence-electron chi connectivity index (χ0n) is 10.5. The van der Waals surface area contributed by atoms with Crippen LogP contribution < -0.4 is 5.32 Å². The van der Waals surface area contributed by atoms with E-state index in [2.05, 4.69) is 10.3 Å². The number of anilines is 1. The molecule has 2 aromatic rings. The summed E-state index contributed by atoms with van der Waals surface area (Å²) in [6, 6.07) is 7.18. The highest BCUT2D eigenvalue weighted by Gasteiger charge is 2.15. The van der Waals surface area contributed by atoms with E-state index in [0.29, 0.717) is 11.4 Å². The summed E-state index contributed by atoms with van der Waals surface area (Å²) in [5.74, 6) is 0.0957. The second-order valence-corrected chi connectivity index (χ2v) is 5.65. The molecule has 0 radical (unpaired) electrons. The second-order valence-electron chi connectivity index (χ2n) is 3.90. The van der Waals surface area contributed by atoms with Gasteiger partial charge in [0.1, 0.15) is 11.4 Å². The Morgan fingerprint density at radius 1 is 1.47 bits per heavy atom. The molecule has 0 aliphatic carbocycles. The SMILES string of the molecule is COC(=O)c1cccnc1NC(C)c1ccc(Cl)s1. The smallest absolute Gasteiger partial charge is 0.341 e. The lowest BCUT2D eigenvalue weighted by atomic mass is 10.2. The van der Waals surface area contributed by atoms with Gasteiger partial charge in [-0.05, 0) is 31.2 Å². The summed E-state index contributed by atoms with van der Waals surface area (Å²) in [5.41, 5.74) is 0.416. The number of carbonyl (C=O) groups is 1. The van der Waals surface area contributed by atoms with Crippen molar-refractivity contribution >= 4 is 34.7 Å². The van der Waals surface area contributed by atoms with Gasteiger partial charge >= 0.3 is 5.97 Å². The van der Waals surface area contributed by atoms with Crippen LogP contribution >= 0.6 is 22.9 Å². The summed E-state index contributed by atoms with van der Waals surface area (Å²) in [6.45, 7) is 1.98. The lowest BCUT2D eigenvalue weighted by Crippen LogP contribution is -2.12. The molecule has 19 heavy (non-hydrogen) atoms. The summed E-state index contributed by atoms with van der Waals surface area (Å²) in [5, 5.41) is 3.20.